The van der Waals surface area contributed by atoms with Crippen LogP contribution in [0, 0.1) is 0 Å². The summed E-state index contributed by atoms with van der Waals surface area (Å²) in [5.41, 5.74) is 0.489. The lowest BCUT2D eigenvalue weighted by molar-refractivity contribution is -0.149. The van der Waals surface area contributed by atoms with Crippen molar-refractivity contribution in [2.24, 2.45) is 0 Å². The SMILES string of the molecule is COC(=O)C(=O)/C=C/c1c(Cl)cccc1Cl. The molecule has 0 bridgehead atoms. The number of ether oxygens (including phenoxy) is 1. The van der Waals surface area contributed by atoms with Gasteiger partial charge in [0.2, 0.25) is 0 Å². The van der Waals surface area contributed by atoms with Crippen LogP contribution < -0.4 is 0 Å². The van der Waals surface area contributed by atoms with E-state index < -0.39 is 11.8 Å². The van der Waals surface area contributed by atoms with Crippen LogP contribution in [0.3, 0.4) is 0 Å². The Hall–Kier alpha value is -1.32. The van der Waals surface area contributed by atoms with E-state index in [9.17, 15) is 9.59 Å². The Morgan fingerprint density at radius 3 is 2.31 bits per heavy atom. The molecule has 0 saturated heterocycles. The Bertz CT molecular complexity index is 432. The van der Waals surface area contributed by atoms with Crippen molar-refractivity contribution in [1.29, 1.82) is 0 Å². The van der Waals surface area contributed by atoms with Gasteiger partial charge in [0.15, 0.2) is 0 Å². The Morgan fingerprint density at radius 1 is 1.25 bits per heavy atom. The Labute approximate surface area is 103 Å². The smallest absolute Gasteiger partial charge is 0.378 e. The standard InChI is InChI=1S/C11H8Cl2O3/c1-16-11(15)10(14)6-5-7-8(12)3-2-4-9(7)13/h2-6H,1H3/b6-5+. The largest absolute Gasteiger partial charge is 0.463 e. The normalized spacial score (nSPS) is 10.4. The van der Waals surface area contributed by atoms with Gasteiger partial charge < -0.3 is 4.74 Å². The summed E-state index contributed by atoms with van der Waals surface area (Å²) in [5, 5.41) is 0.808. The van der Waals surface area contributed by atoms with Gasteiger partial charge in [0.25, 0.3) is 5.78 Å². The fourth-order valence-corrected chi connectivity index (χ4v) is 1.52. The van der Waals surface area contributed by atoms with Crippen molar-refractivity contribution in [1.82, 2.24) is 0 Å². The van der Waals surface area contributed by atoms with E-state index in [-0.39, 0.29) is 0 Å². The summed E-state index contributed by atoms with van der Waals surface area (Å²) >= 11 is 11.7. The van der Waals surface area contributed by atoms with Crippen molar-refractivity contribution in [3.05, 3.63) is 39.9 Å². The lowest BCUT2D eigenvalue weighted by Gasteiger charge is -2.00. The van der Waals surface area contributed by atoms with Crippen LogP contribution in [-0.2, 0) is 14.3 Å². The van der Waals surface area contributed by atoms with Crippen LogP contribution >= 0.6 is 23.2 Å². The summed E-state index contributed by atoms with van der Waals surface area (Å²) in [5.74, 6) is -1.70. The van der Waals surface area contributed by atoms with Gasteiger partial charge in [0.05, 0.1) is 7.11 Å². The van der Waals surface area contributed by atoms with Gasteiger partial charge in [-0.25, -0.2) is 4.79 Å². The Kier molecular flexibility index (Phi) is 4.52. The molecule has 1 rings (SSSR count). The molecule has 0 fully saturated rings. The van der Waals surface area contributed by atoms with E-state index in [2.05, 4.69) is 4.74 Å². The number of ketones is 1. The Morgan fingerprint density at radius 2 is 1.81 bits per heavy atom. The molecule has 0 radical (unpaired) electrons. The van der Waals surface area contributed by atoms with E-state index in [0.29, 0.717) is 15.6 Å². The van der Waals surface area contributed by atoms with Gasteiger partial charge in [-0.2, -0.15) is 0 Å². The zero-order valence-corrected chi connectivity index (χ0v) is 9.88. The molecule has 0 unspecified atom stereocenters. The summed E-state index contributed by atoms with van der Waals surface area (Å²) in [6, 6.07) is 4.95. The van der Waals surface area contributed by atoms with E-state index in [4.69, 9.17) is 23.2 Å². The van der Waals surface area contributed by atoms with Crippen LogP contribution in [0.1, 0.15) is 5.56 Å². The maximum atomic E-state index is 11.1. The summed E-state index contributed by atoms with van der Waals surface area (Å²) in [6.07, 6.45) is 2.45. The van der Waals surface area contributed by atoms with Crippen molar-refractivity contribution >= 4 is 41.0 Å². The van der Waals surface area contributed by atoms with Gasteiger partial charge in [-0.1, -0.05) is 29.3 Å². The Balaban J connectivity index is 2.93. The van der Waals surface area contributed by atoms with E-state index in [0.717, 1.165) is 13.2 Å². The molecule has 0 aliphatic carbocycles. The molecule has 16 heavy (non-hydrogen) atoms. The predicted octanol–water partition coefficient (Wildman–Crippen LogP) is 2.75. The molecule has 0 N–H and O–H groups in total. The number of halogens is 2. The van der Waals surface area contributed by atoms with Gasteiger partial charge in [-0.3, -0.25) is 4.79 Å². The molecule has 1 aromatic rings. The maximum Gasteiger partial charge on any atom is 0.378 e. The highest BCUT2D eigenvalue weighted by Gasteiger charge is 2.10. The summed E-state index contributed by atoms with van der Waals surface area (Å²) in [6.45, 7) is 0. The summed E-state index contributed by atoms with van der Waals surface area (Å²) in [4.78, 5) is 21.9. The van der Waals surface area contributed by atoms with Gasteiger partial charge in [0, 0.05) is 15.6 Å². The van der Waals surface area contributed by atoms with Gasteiger partial charge in [-0.15, -0.1) is 0 Å². The molecule has 0 aromatic heterocycles. The highest BCUT2D eigenvalue weighted by atomic mass is 35.5. The highest BCUT2D eigenvalue weighted by molar-refractivity contribution is 6.40. The van der Waals surface area contributed by atoms with Crippen LogP contribution in [0.2, 0.25) is 10.0 Å². The monoisotopic (exact) mass is 258 g/mol. The number of hydrogen-bond donors (Lipinski definition) is 0. The third-order valence-corrected chi connectivity index (χ3v) is 2.45. The predicted molar refractivity (Wildman–Crippen MR) is 62.5 cm³/mol. The molecule has 84 valence electrons. The zero-order valence-electron chi connectivity index (χ0n) is 8.37. The molecule has 0 heterocycles. The first kappa shape index (κ1) is 12.7. The molecule has 0 saturated carbocycles. The average Bonchev–Trinajstić information content (AvgIpc) is 2.27. The van der Waals surface area contributed by atoms with Gasteiger partial charge >= 0.3 is 5.97 Å². The second kappa shape index (κ2) is 5.68. The molecule has 0 spiro atoms. The third-order valence-electron chi connectivity index (χ3n) is 1.79. The number of hydrogen-bond acceptors (Lipinski definition) is 3. The first-order chi connectivity index (χ1) is 7.56. The molecular weight excluding hydrogens is 251 g/mol. The van der Waals surface area contributed by atoms with E-state index in [1.807, 2.05) is 0 Å². The molecule has 1 aromatic carbocycles. The molecule has 0 aliphatic heterocycles. The van der Waals surface area contributed by atoms with Crippen LogP contribution in [0.25, 0.3) is 6.08 Å². The van der Waals surface area contributed by atoms with E-state index >= 15 is 0 Å². The number of carbonyl (C=O) groups excluding carboxylic acids is 2. The molecule has 3 nitrogen and oxygen atoms in total. The lowest BCUT2D eigenvalue weighted by atomic mass is 10.2. The van der Waals surface area contributed by atoms with Crippen LogP contribution in [-0.4, -0.2) is 18.9 Å². The fraction of sp³-hybridized carbons (Fsp3) is 0.0909. The molecular formula is C11H8Cl2O3. The first-order valence-corrected chi connectivity index (χ1v) is 5.06. The number of benzene rings is 1. The van der Waals surface area contributed by atoms with Crippen LogP contribution in [0.5, 0.6) is 0 Å². The minimum absolute atomic E-state index is 0.404. The first-order valence-electron chi connectivity index (χ1n) is 4.30. The van der Waals surface area contributed by atoms with E-state index in [1.165, 1.54) is 6.08 Å². The number of carbonyl (C=O) groups is 2. The minimum atomic E-state index is -0.931. The van der Waals surface area contributed by atoms with Gasteiger partial charge in [0.1, 0.15) is 0 Å². The van der Waals surface area contributed by atoms with Crippen molar-refractivity contribution in [3.63, 3.8) is 0 Å². The fourth-order valence-electron chi connectivity index (χ4n) is 0.998. The third kappa shape index (κ3) is 3.08. The topological polar surface area (TPSA) is 43.4 Å². The lowest BCUT2D eigenvalue weighted by Crippen LogP contribution is -2.12. The highest BCUT2D eigenvalue weighted by Crippen LogP contribution is 2.25. The molecule has 5 heteroatoms. The second-order valence-electron chi connectivity index (χ2n) is 2.82. The molecule has 0 amide bonds. The quantitative estimate of drug-likeness (QED) is 0.476. The second-order valence-corrected chi connectivity index (χ2v) is 3.64. The number of methoxy groups -OCH3 is 1. The van der Waals surface area contributed by atoms with Crippen LogP contribution in [0.4, 0.5) is 0 Å². The average molecular weight is 259 g/mol. The zero-order chi connectivity index (χ0) is 12.1. The van der Waals surface area contributed by atoms with E-state index in [1.54, 1.807) is 18.2 Å². The van der Waals surface area contributed by atoms with Crippen molar-refractivity contribution < 1.29 is 14.3 Å². The van der Waals surface area contributed by atoms with Crippen LogP contribution in [0.15, 0.2) is 24.3 Å². The van der Waals surface area contributed by atoms with Crippen molar-refractivity contribution in [3.8, 4) is 0 Å². The van der Waals surface area contributed by atoms with Crippen molar-refractivity contribution in [2.45, 2.75) is 0 Å². The van der Waals surface area contributed by atoms with Gasteiger partial charge in [-0.05, 0) is 24.3 Å². The number of esters is 1. The molecule has 0 aliphatic rings. The molecule has 0 atom stereocenters. The summed E-state index contributed by atoms with van der Waals surface area (Å²) in [7, 11) is 1.14. The van der Waals surface area contributed by atoms with Crippen molar-refractivity contribution in [2.75, 3.05) is 7.11 Å². The minimum Gasteiger partial charge on any atom is -0.463 e. The maximum absolute atomic E-state index is 11.1. The summed E-state index contributed by atoms with van der Waals surface area (Å²) < 4.78 is 4.26. The number of rotatable bonds is 3.